The second-order valence-electron chi connectivity index (χ2n) is 11.6. The van der Waals surface area contributed by atoms with E-state index in [1.807, 2.05) is 9.80 Å². The monoisotopic (exact) mass is 680 g/mol. The summed E-state index contributed by atoms with van der Waals surface area (Å²) in [6.07, 6.45) is -6.21. The SMILES string of the molecule is O=C1N[C@]2(CCCN2[C@H]2CCCN2c2ccc(-c3ccc(N4C[C@H](C[C@H](O)C(=O)NC(=O)C(F)(F)F)OC4=O)cc3F)cn2)OOC1=O. The van der Waals surface area contributed by atoms with Crippen molar-refractivity contribution >= 4 is 41.3 Å². The fraction of sp³-hybridized carbons (Fsp3) is 0.448. The zero-order valence-corrected chi connectivity index (χ0v) is 24.9. The van der Waals surface area contributed by atoms with Crippen molar-refractivity contribution in [2.45, 2.75) is 62.5 Å². The number of imide groups is 1. The fourth-order valence-electron chi connectivity index (χ4n) is 6.26. The minimum atomic E-state index is -5.33. The third-order valence-corrected chi connectivity index (χ3v) is 8.48. The van der Waals surface area contributed by atoms with E-state index in [4.69, 9.17) is 9.62 Å². The predicted molar refractivity (Wildman–Crippen MR) is 151 cm³/mol. The number of carbonyl (C=O) groups is 5. The molecule has 256 valence electrons. The number of cyclic esters (lactones) is 1. The molecule has 0 saturated carbocycles. The lowest BCUT2D eigenvalue weighted by Crippen LogP contribution is -2.67. The van der Waals surface area contributed by atoms with Gasteiger partial charge in [-0.15, -0.1) is 4.89 Å². The van der Waals surface area contributed by atoms with E-state index in [9.17, 15) is 42.3 Å². The average molecular weight is 681 g/mol. The standard InChI is InChI=1S/C29H28F4N6O9/c30-19-11-16(38-14-17(46-27(38)45)12-20(40)23(41)35-26(44)29(31,32)33)5-6-18(19)15-4-7-21(34-13-15)37-9-1-3-22(37)39-10-2-8-28(39)36-24(42)25(43)47-48-28/h4-7,11,13,17,20,22,40H,1-3,8-10,12,14H2,(H,36,42)(H,35,41,44)/t17-,20-,22-,28-/m0/s1. The minimum absolute atomic E-state index is 0.0849. The van der Waals surface area contributed by atoms with Crippen LogP contribution >= 0.6 is 0 Å². The summed E-state index contributed by atoms with van der Waals surface area (Å²) in [7, 11) is 0. The molecule has 4 aliphatic heterocycles. The van der Waals surface area contributed by atoms with Gasteiger partial charge >= 0.3 is 30.1 Å². The maximum Gasteiger partial charge on any atom is 0.471 e. The van der Waals surface area contributed by atoms with E-state index in [0.29, 0.717) is 37.3 Å². The Morgan fingerprint density at radius 2 is 1.94 bits per heavy atom. The second kappa shape index (κ2) is 12.6. The van der Waals surface area contributed by atoms with Crippen molar-refractivity contribution in [2.75, 3.05) is 29.4 Å². The van der Waals surface area contributed by atoms with E-state index in [0.717, 1.165) is 29.1 Å². The first-order valence-electron chi connectivity index (χ1n) is 14.9. The molecule has 6 rings (SSSR count). The molecule has 5 heterocycles. The number of amides is 4. The number of pyridine rings is 1. The minimum Gasteiger partial charge on any atom is -0.444 e. The molecule has 1 spiro atoms. The number of carbonyl (C=O) groups excluding carboxylic acids is 5. The summed E-state index contributed by atoms with van der Waals surface area (Å²) in [6.45, 7) is 0.956. The highest BCUT2D eigenvalue weighted by atomic mass is 19.4. The molecule has 19 heteroatoms. The van der Waals surface area contributed by atoms with Crippen molar-refractivity contribution in [2.24, 2.45) is 0 Å². The number of hydrogen-bond donors (Lipinski definition) is 3. The molecule has 4 saturated heterocycles. The number of aromatic nitrogens is 1. The van der Waals surface area contributed by atoms with E-state index >= 15 is 4.39 Å². The molecule has 4 atom stereocenters. The summed E-state index contributed by atoms with van der Waals surface area (Å²) in [6, 6.07) is 7.33. The largest absolute Gasteiger partial charge is 0.471 e. The predicted octanol–water partition coefficient (Wildman–Crippen LogP) is 1.45. The number of nitrogens with zero attached hydrogens (tertiary/aromatic N) is 4. The summed E-state index contributed by atoms with van der Waals surface area (Å²) in [5.41, 5.74) is 0.678. The van der Waals surface area contributed by atoms with Crippen LogP contribution in [0.3, 0.4) is 0 Å². The summed E-state index contributed by atoms with van der Waals surface area (Å²) in [4.78, 5) is 78.3. The Labute approximate surface area is 268 Å². The van der Waals surface area contributed by atoms with Crippen LogP contribution in [0.4, 0.5) is 33.9 Å². The van der Waals surface area contributed by atoms with Crippen molar-refractivity contribution in [1.29, 1.82) is 0 Å². The first-order chi connectivity index (χ1) is 22.8. The van der Waals surface area contributed by atoms with Gasteiger partial charge in [0, 0.05) is 43.3 Å². The number of aliphatic hydroxyl groups is 1. The molecule has 4 aliphatic rings. The van der Waals surface area contributed by atoms with Gasteiger partial charge in [0.1, 0.15) is 23.8 Å². The normalized spacial score (nSPS) is 25.2. The number of likely N-dealkylation sites (tertiary alicyclic amines) is 1. The van der Waals surface area contributed by atoms with Gasteiger partial charge in [-0.2, -0.15) is 13.2 Å². The van der Waals surface area contributed by atoms with Crippen LogP contribution in [0, 0.1) is 5.82 Å². The molecule has 3 N–H and O–H groups in total. The number of aliphatic hydroxyl groups excluding tert-OH is 1. The maximum atomic E-state index is 15.4. The van der Waals surface area contributed by atoms with Crippen LogP contribution in [0.25, 0.3) is 11.1 Å². The van der Waals surface area contributed by atoms with E-state index < -0.39 is 66.3 Å². The summed E-state index contributed by atoms with van der Waals surface area (Å²) in [5, 5.41) is 13.6. The Balaban J connectivity index is 1.10. The number of alkyl halides is 3. The smallest absolute Gasteiger partial charge is 0.444 e. The average Bonchev–Trinajstić information content (AvgIpc) is 3.77. The van der Waals surface area contributed by atoms with Gasteiger partial charge in [0.25, 0.3) is 5.91 Å². The molecule has 4 fully saturated rings. The lowest BCUT2D eigenvalue weighted by molar-refractivity contribution is -0.381. The molecular weight excluding hydrogens is 652 g/mol. The lowest BCUT2D eigenvalue weighted by Gasteiger charge is -2.44. The van der Waals surface area contributed by atoms with Crippen molar-refractivity contribution in [1.82, 2.24) is 20.5 Å². The van der Waals surface area contributed by atoms with Gasteiger partial charge in [-0.05, 0) is 49.6 Å². The van der Waals surface area contributed by atoms with E-state index in [1.54, 1.807) is 12.1 Å². The highest BCUT2D eigenvalue weighted by molar-refractivity contribution is 6.32. The van der Waals surface area contributed by atoms with E-state index in [1.165, 1.54) is 18.3 Å². The van der Waals surface area contributed by atoms with Gasteiger partial charge in [0.15, 0.2) is 0 Å². The van der Waals surface area contributed by atoms with Gasteiger partial charge in [-0.1, -0.05) is 0 Å². The number of anilines is 2. The highest BCUT2D eigenvalue weighted by Crippen LogP contribution is 2.38. The third kappa shape index (κ3) is 6.35. The van der Waals surface area contributed by atoms with Gasteiger partial charge in [0.2, 0.25) is 5.85 Å². The Hall–Kier alpha value is -4.88. The highest BCUT2D eigenvalue weighted by Gasteiger charge is 2.54. The molecule has 1 aromatic carbocycles. The topological polar surface area (TPSA) is 180 Å². The Bertz CT molecular complexity index is 1640. The zero-order valence-electron chi connectivity index (χ0n) is 24.9. The summed E-state index contributed by atoms with van der Waals surface area (Å²) >= 11 is 0. The van der Waals surface area contributed by atoms with Crippen molar-refractivity contribution < 1.29 is 61.2 Å². The molecule has 1 aromatic heterocycles. The molecule has 15 nitrogen and oxygen atoms in total. The van der Waals surface area contributed by atoms with Crippen LogP contribution in [-0.4, -0.2) is 94.8 Å². The van der Waals surface area contributed by atoms with Crippen molar-refractivity contribution in [3.8, 4) is 11.1 Å². The molecular formula is C29H28F4N6O9. The Morgan fingerprint density at radius 1 is 1.15 bits per heavy atom. The summed E-state index contributed by atoms with van der Waals surface area (Å²) < 4.78 is 57.6. The van der Waals surface area contributed by atoms with Crippen molar-refractivity contribution in [3.63, 3.8) is 0 Å². The number of benzene rings is 1. The first-order valence-corrected chi connectivity index (χ1v) is 14.9. The molecule has 4 amide bonds. The molecule has 0 unspecified atom stereocenters. The van der Waals surface area contributed by atoms with Crippen LogP contribution in [0.2, 0.25) is 0 Å². The first kappa shape index (κ1) is 33.0. The number of rotatable bonds is 7. The van der Waals surface area contributed by atoms with Crippen LogP contribution in [-0.2, 0) is 33.7 Å². The van der Waals surface area contributed by atoms with Gasteiger partial charge in [0.05, 0.1) is 18.4 Å². The zero-order chi connectivity index (χ0) is 34.4. The van der Waals surface area contributed by atoms with Crippen LogP contribution in [0.1, 0.15) is 32.1 Å². The fourth-order valence-corrected chi connectivity index (χ4v) is 6.26. The third-order valence-electron chi connectivity index (χ3n) is 8.48. The molecule has 0 bridgehead atoms. The molecule has 0 aliphatic carbocycles. The second-order valence-corrected chi connectivity index (χ2v) is 11.6. The van der Waals surface area contributed by atoms with Crippen molar-refractivity contribution in [3.05, 3.63) is 42.3 Å². The van der Waals surface area contributed by atoms with Gasteiger partial charge in [-0.3, -0.25) is 29.5 Å². The number of nitrogens with one attached hydrogen (secondary N) is 2. The van der Waals surface area contributed by atoms with Gasteiger partial charge in [-0.25, -0.2) is 23.9 Å². The summed E-state index contributed by atoms with van der Waals surface area (Å²) in [5.74, 6) is -7.57. The number of halogens is 4. The van der Waals surface area contributed by atoms with Crippen LogP contribution in [0.5, 0.6) is 0 Å². The Morgan fingerprint density at radius 3 is 2.62 bits per heavy atom. The molecule has 0 radical (unpaired) electrons. The van der Waals surface area contributed by atoms with Gasteiger partial charge < -0.3 is 20.1 Å². The van der Waals surface area contributed by atoms with E-state index in [2.05, 4.69) is 15.2 Å². The van der Waals surface area contributed by atoms with Crippen LogP contribution < -0.4 is 20.4 Å². The quantitative estimate of drug-likeness (QED) is 0.218. The maximum absolute atomic E-state index is 15.4. The molecule has 2 aromatic rings. The Kier molecular flexibility index (Phi) is 8.69. The lowest BCUT2D eigenvalue weighted by atomic mass is 10.1. The number of ether oxygens (including phenoxy) is 1. The number of hydrogen-bond acceptors (Lipinski definition) is 12. The van der Waals surface area contributed by atoms with E-state index in [-0.39, 0.29) is 24.0 Å². The van der Waals surface area contributed by atoms with Crippen LogP contribution in [0.15, 0.2) is 36.5 Å². The molecule has 48 heavy (non-hydrogen) atoms.